The molecular weight excluding hydrogens is 244 g/mol. The van der Waals surface area contributed by atoms with Gasteiger partial charge < -0.3 is 10.2 Å². The van der Waals surface area contributed by atoms with Gasteiger partial charge in [0.15, 0.2) is 0 Å². The summed E-state index contributed by atoms with van der Waals surface area (Å²) in [5, 5.41) is 3.83. The third-order valence-corrected chi connectivity index (χ3v) is 5.34. The van der Waals surface area contributed by atoms with Gasteiger partial charge in [-0.05, 0) is 70.0 Å². The van der Waals surface area contributed by atoms with Crippen LogP contribution in [0.1, 0.15) is 71.6 Å². The van der Waals surface area contributed by atoms with E-state index in [0.717, 1.165) is 17.9 Å². The number of rotatable bonds is 5. The van der Waals surface area contributed by atoms with E-state index in [1.807, 2.05) is 0 Å². The van der Waals surface area contributed by atoms with Crippen LogP contribution < -0.4 is 5.32 Å². The summed E-state index contributed by atoms with van der Waals surface area (Å²) in [6.45, 7) is 10.0. The van der Waals surface area contributed by atoms with Crippen molar-refractivity contribution >= 4 is 0 Å². The van der Waals surface area contributed by atoms with Gasteiger partial charge in [0.1, 0.15) is 0 Å². The highest BCUT2D eigenvalue weighted by Crippen LogP contribution is 2.30. The van der Waals surface area contributed by atoms with Crippen LogP contribution in [0.3, 0.4) is 0 Å². The maximum Gasteiger partial charge on any atom is 0.0108 e. The van der Waals surface area contributed by atoms with Crippen LogP contribution in [0.5, 0.6) is 0 Å². The van der Waals surface area contributed by atoms with Crippen molar-refractivity contribution in [1.82, 2.24) is 10.2 Å². The lowest BCUT2D eigenvalue weighted by Crippen LogP contribution is -2.46. The van der Waals surface area contributed by atoms with E-state index in [9.17, 15) is 0 Å². The second kappa shape index (κ2) is 9.04. The van der Waals surface area contributed by atoms with Gasteiger partial charge in [-0.2, -0.15) is 0 Å². The lowest BCUT2D eigenvalue weighted by Gasteiger charge is -2.39. The molecule has 0 spiro atoms. The highest BCUT2D eigenvalue weighted by Gasteiger charge is 2.29. The summed E-state index contributed by atoms with van der Waals surface area (Å²) in [6, 6.07) is 0.789. The summed E-state index contributed by atoms with van der Waals surface area (Å²) in [4.78, 5) is 2.78. The van der Waals surface area contributed by atoms with Crippen LogP contribution in [0.25, 0.3) is 0 Å². The lowest BCUT2D eigenvalue weighted by molar-refractivity contribution is 0.137. The van der Waals surface area contributed by atoms with Gasteiger partial charge in [0, 0.05) is 12.6 Å². The van der Waals surface area contributed by atoms with Gasteiger partial charge >= 0.3 is 0 Å². The van der Waals surface area contributed by atoms with Crippen LogP contribution >= 0.6 is 0 Å². The first-order valence-corrected chi connectivity index (χ1v) is 9.25. The minimum atomic E-state index is 0.789. The highest BCUT2D eigenvalue weighted by atomic mass is 15.1. The Kier molecular flexibility index (Phi) is 7.37. The van der Waals surface area contributed by atoms with Crippen LogP contribution in [-0.4, -0.2) is 37.1 Å². The summed E-state index contributed by atoms with van der Waals surface area (Å²) in [5.74, 6) is 1.83. The smallest absolute Gasteiger partial charge is 0.0108 e. The molecule has 1 saturated heterocycles. The Bertz CT molecular complexity index is 244. The second-order valence-corrected chi connectivity index (χ2v) is 7.31. The van der Waals surface area contributed by atoms with Gasteiger partial charge in [0.05, 0.1) is 0 Å². The Balaban J connectivity index is 1.84. The fraction of sp³-hybridized carbons (Fsp3) is 1.00. The predicted molar refractivity (Wildman–Crippen MR) is 88.1 cm³/mol. The fourth-order valence-corrected chi connectivity index (χ4v) is 4.13. The average Bonchev–Trinajstić information content (AvgIpc) is 2.41. The topological polar surface area (TPSA) is 15.3 Å². The standard InChI is InChI=1S/C18H36N2/c1-3-11-19-18-10-9-16(2)14-17(18)15-20-12-7-5-4-6-8-13-20/h16-19H,3-15H2,1-2H3. The van der Waals surface area contributed by atoms with Gasteiger partial charge in [-0.1, -0.05) is 33.1 Å². The molecule has 2 heteroatoms. The van der Waals surface area contributed by atoms with Crippen LogP contribution in [-0.2, 0) is 0 Å². The fourth-order valence-electron chi connectivity index (χ4n) is 4.13. The number of nitrogens with one attached hydrogen (secondary N) is 1. The van der Waals surface area contributed by atoms with E-state index < -0.39 is 0 Å². The molecule has 1 aliphatic heterocycles. The van der Waals surface area contributed by atoms with Gasteiger partial charge in [-0.15, -0.1) is 0 Å². The molecule has 1 saturated carbocycles. The van der Waals surface area contributed by atoms with Crippen molar-refractivity contribution in [2.45, 2.75) is 77.7 Å². The maximum absolute atomic E-state index is 3.83. The second-order valence-electron chi connectivity index (χ2n) is 7.31. The van der Waals surface area contributed by atoms with Crippen LogP contribution in [0, 0.1) is 11.8 Å². The molecule has 2 aliphatic rings. The molecule has 0 radical (unpaired) electrons. The molecule has 3 atom stereocenters. The van der Waals surface area contributed by atoms with Crippen LogP contribution in [0.4, 0.5) is 0 Å². The molecule has 2 fully saturated rings. The number of likely N-dealkylation sites (tertiary alicyclic amines) is 1. The molecular formula is C18H36N2. The molecule has 118 valence electrons. The zero-order valence-corrected chi connectivity index (χ0v) is 13.9. The van der Waals surface area contributed by atoms with Crippen molar-refractivity contribution in [3.05, 3.63) is 0 Å². The number of nitrogens with zero attached hydrogens (tertiary/aromatic N) is 1. The van der Waals surface area contributed by atoms with E-state index in [-0.39, 0.29) is 0 Å². The van der Waals surface area contributed by atoms with E-state index in [4.69, 9.17) is 0 Å². The normalized spacial score (nSPS) is 33.6. The molecule has 20 heavy (non-hydrogen) atoms. The molecule has 0 aromatic heterocycles. The molecule has 0 aromatic rings. The van der Waals surface area contributed by atoms with Gasteiger partial charge in [0.2, 0.25) is 0 Å². The van der Waals surface area contributed by atoms with Crippen molar-refractivity contribution in [2.24, 2.45) is 11.8 Å². The molecule has 0 aromatic carbocycles. The molecule has 0 bridgehead atoms. The third kappa shape index (κ3) is 5.37. The molecule has 2 nitrogen and oxygen atoms in total. The first-order valence-electron chi connectivity index (χ1n) is 9.25. The maximum atomic E-state index is 3.83. The van der Waals surface area contributed by atoms with Gasteiger partial charge in [0.25, 0.3) is 0 Å². The minimum Gasteiger partial charge on any atom is -0.314 e. The Hall–Kier alpha value is -0.0800. The number of hydrogen-bond donors (Lipinski definition) is 1. The van der Waals surface area contributed by atoms with Gasteiger partial charge in [-0.25, -0.2) is 0 Å². The summed E-state index contributed by atoms with van der Waals surface area (Å²) < 4.78 is 0. The first-order chi connectivity index (χ1) is 9.79. The van der Waals surface area contributed by atoms with Crippen LogP contribution in [0.2, 0.25) is 0 Å². The third-order valence-electron chi connectivity index (χ3n) is 5.34. The zero-order valence-electron chi connectivity index (χ0n) is 13.9. The Labute approximate surface area is 126 Å². The Morgan fingerprint density at radius 3 is 2.40 bits per heavy atom. The molecule has 1 N–H and O–H groups in total. The predicted octanol–water partition coefficient (Wildman–Crippen LogP) is 4.06. The summed E-state index contributed by atoms with van der Waals surface area (Å²) in [6.07, 6.45) is 12.8. The van der Waals surface area contributed by atoms with E-state index in [1.54, 1.807) is 0 Å². The van der Waals surface area contributed by atoms with E-state index >= 15 is 0 Å². The van der Waals surface area contributed by atoms with E-state index in [0.29, 0.717) is 0 Å². The SMILES string of the molecule is CCCNC1CCC(C)CC1CN1CCCCCCC1. The largest absolute Gasteiger partial charge is 0.314 e. The van der Waals surface area contributed by atoms with Crippen molar-refractivity contribution in [3.8, 4) is 0 Å². The Morgan fingerprint density at radius 2 is 1.70 bits per heavy atom. The average molecular weight is 280 g/mol. The first kappa shape index (κ1) is 16.3. The summed E-state index contributed by atoms with van der Waals surface area (Å²) >= 11 is 0. The van der Waals surface area contributed by atoms with Crippen molar-refractivity contribution < 1.29 is 0 Å². The van der Waals surface area contributed by atoms with E-state index in [2.05, 4.69) is 24.1 Å². The van der Waals surface area contributed by atoms with Crippen molar-refractivity contribution in [1.29, 1.82) is 0 Å². The highest BCUT2D eigenvalue weighted by molar-refractivity contribution is 4.85. The number of hydrogen-bond acceptors (Lipinski definition) is 2. The quantitative estimate of drug-likeness (QED) is 0.817. The summed E-state index contributed by atoms with van der Waals surface area (Å²) in [5.41, 5.74) is 0. The van der Waals surface area contributed by atoms with E-state index in [1.165, 1.54) is 84.0 Å². The molecule has 0 amide bonds. The molecule has 3 unspecified atom stereocenters. The summed E-state index contributed by atoms with van der Waals surface area (Å²) in [7, 11) is 0. The lowest BCUT2D eigenvalue weighted by atomic mass is 9.78. The zero-order chi connectivity index (χ0) is 14.2. The van der Waals surface area contributed by atoms with Crippen molar-refractivity contribution in [3.63, 3.8) is 0 Å². The minimum absolute atomic E-state index is 0.789. The monoisotopic (exact) mass is 280 g/mol. The van der Waals surface area contributed by atoms with Crippen molar-refractivity contribution in [2.75, 3.05) is 26.2 Å². The van der Waals surface area contributed by atoms with Gasteiger partial charge in [-0.3, -0.25) is 0 Å². The van der Waals surface area contributed by atoms with Crippen LogP contribution in [0.15, 0.2) is 0 Å². The molecule has 1 aliphatic carbocycles. The molecule has 2 rings (SSSR count). The molecule has 1 heterocycles. The Morgan fingerprint density at radius 1 is 1.00 bits per heavy atom.